The number of carbonyl (C=O) groups is 3. The van der Waals surface area contributed by atoms with Crippen molar-refractivity contribution in [3.05, 3.63) is 80.8 Å². The van der Waals surface area contributed by atoms with Crippen molar-refractivity contribution in [3.8, 4) is 0 Å². The van der Waals surface area contributed by atoms with Gasteiger partial charge in [-0.05, 0) is 77.0 Å². The number of rotatable bonds is 6. The van der Waals surface area contributed by atoms with E-state index >= 15 is 0 Å². The van der Waals surface area contributed by atoms with E-state index in [9.17, 15) is 14.4 Å². The van der Waals surface area contributed by atoms with Gasteiger partial charge >= 0.3 is 0 Å². The fourth-order valence-corrected chi connectivity index (χ4v) is 5.54. The molecule has 35 heavy (non-hydrogen) atoms. The van der Waals surface area contributed by atoms with E-state index in [1.807, 2.05) is 59.1 Å². The van der Waals surface area contributed by atoms with Crippen LogP contribution in [-0.4, -0.2) is 40.7 Å². The minimum atomic E-state index is -0.0460. The van der Waals surface area contributed by atoms with Crippen LogP contribution in [0.5, 0.6) is 0 Å². The van der Waals surface area contributed by atoms with Crippen LogP contribution in [-0.2, 0) is 35.5 Å². The zero-order valence-corrected chi connectivity index (χ0v) is 20.6. The van der Waals surface area contributed by atoms with Gasteiger partial charge in [-0.3, -0.25) is 19.4 Å². The highest BCUT2D eigenvalue weighted by Gasteiger charge is 2.26. The normalized spacial score (nSPS) is 15.3. The first-order valence-corrected chi connectivity index (χ1v) is 12.9. The van der Waals surface area contributed by atoms with Crippen LogP contribution in [0, 0.1) is 6.92 Å². The largest absolute Gasteiger partial charge is 0.352 e. The van der Waals surface area contributed by atoms with Crippen molar-refractivity contribution in [2.45, 2.75) is 45.7 Å². The van der Waals surface area contributed by atoms with Crippen LogP contribution in [0.25, 0.3) is 0 Å². The van der Waals surface area contributed by atoms with Crippen LogP contribution in [0.4, 0.5) is 5.69 Å². The number of thiophene rings is 1. The van der Waals surface area contributed by atoms with Gasteiger partial charge in [0.2, 0.25) is 11.8 Å². The van der Waals surface area contributed by atoms with E-state index < -0.39 is 0 Å². The quantitative estimate of drug-likeness (QED) is 0.574. The molecule has 7 nitrogen and oxygen atoms in total. The maximum absolute atomic E-state index is 13.3. The van der Waals surface area contributed by atoms with Gasteiger partial charge in [-0.1, -0.05) is 6.07 Å². The molecule has 8 heteroatoms. The monoisotopic (exact) mass is 488 g/mol. The second kappa shape index (κ2) is 10.00. The maximum Gasteiger partial charge on any atom is 0.254 e. The molecule has 0 saturated carbocycles. The van der Waals surface area contributed by atoms with Crippen LogP contribution in [0.1, 0.15) is 51.1 Å². The molecule has 3 aromatic rings. The van der Waals surface area contributed by atoms with Gasteiger partial charge in [-0.2, -0.15) is 11.3 Å². The number of carbonyl (C=O) groups excluding carboxylic acids is 3. The Morgan fingerprint density at radius 3 is 2.83 bits per heavy atom. The number of amides is 3. The molecule has 4 heterocycles. The highest BCUT2D eigenvalue weighted by Crippen LogP contribution is 2.27. The lowest BCUT2D eigenvalue weighted by Crippen LogP contribution is -2.37. The number of pyridine rings is 1. The van der Waals surface area contributed by atoms with E-state index in [0.717, 1.165) is 34.5 Å². The van der Waals surface area contributed by atoms with Crippen LogP contribution < -0.4 is 10.2 Å². The van der Waals surface area contributed by atoms with E-state index in [2.05, 4.69) is 10.3 Å². The van der Waals surface area contributed by atoms with E-state index in [-0.39, 0.29) is 17.7 Å². The average molecular weight is 489 g/mol. The Balaban J connectivity index is 1.28. The van der Waals surface area contributed by atoms with Crippen LogP contribution >= 0.6 is 11.3 Å². The van der Waals surface area contributed by atoms with Gasteiger partial charge in [0, 0.05) is 55.7 Å². The Morgan fingerprint density at radius 1 is 1.17 bits per heavy atom. The van der Waals surface area contributed by atoms with Crippen LogP contribution in [0.2, 0.25) is 0 Å². The third-order valence-corrected chi connectivity index (χ3v) is 7.50. The number of aryl methyl sites for hydroxylation is 1. The highest BCUT2D eigenvalue weighted by atomic mass is 32.1. The molecular formula is C27H28N4O3S. The first-order valence-electron chi connectivity index (χ1n) is 11.9. The van der Waals surface area contributed by atoms with Crippen LogP contribution in [0.15, 0.2) is 47.3 Å². The lowest BCUT2D eigenvalue weighted by atomic mass is 9.94. The molecule has 2 aromatic heterocycles. The summed E-state index contributed by atoms with van der Waals surface area (Å²) in [7, 11) is 0. The van der Waals surface area contributed by atoms with Crippen molar-refractivity contribution in [3.63, 3.8) is 0 Å². The predicted octanol–water partition coefficient (Wildman–Crippen LogP) is 3.64. The molecule has 1 fully saturated rings. The fraction of sp³-hybridized carbons (Fsp3) is 0.333. The number of anilines is 1. The molecule has 1 aromatic carbocycles. The van der Waals surface area contributed by atoms with Gasteiger partial charge in [-0.25, -0.2) is 0 Å². The smallest absolute Gasteiger partial charge is 0.254 e. The molecule has 180 valence electrons. The van der Waals surface area contributed by atoms with E-state index in [1.165, 1.54) is 5.56 Å². The minimum Gasteiger partial charge on any atom is -0.352 e. The Labute approximate surface area is 208 Å². The van der Waals surface area contributed by atoms with Crippen molar-refractivity contribution in [1.29, 1.82) is 0 Å². The maximum atomic E-state index is 13.3. The van der Waals surface area contributed by atoms with Crippen LogP contribution in [0.3, 0.4) is 0 Å². The third-order valence-electron chi connectivity index (χ3n) is 6.77. The van der Waals surface area contributed by atoms with E-state index in [1.54, 1.807) is 16.2 Å². The second-order valence-electron chi connectivity index (χ2n) is 9.09. The van der Waals surface area contributed by atoms with E-state index in [0.29, 0.717) is 51.0 Å². The predicted molar refractivity (Wildman–Crippen MR) is 135 cm³/mol. The van der Waals surface area contributed by atoms with Crippen molar-refractivity contribution < 1.29 is 14.4 Å². The van der Waals surface area contributed by atoms with Gasteiger partial charge in [0.05, 0.1) is 6.42 Å². The standard InChI is InChI=1S/C27H28N4O3S/c1-18-24(15-29-25(32)12-19-8-11-35-17-19)23-7-10-30(16-21(23)14-28-18)27(34)20-4-2-5-22(13-20)31-9-3-6-26(31)33/h2,4-5,8,11,13-14,17H,3,6-7,9-10,12,15-16H2,1H3,(H,29,32). The van der Waals surface area contributed by atoms with Gasteiger partial charge in [-0.15, -0.1) is 0 Å². The first-order chi connectivity index (χ1) is 17.0. The minimum absolute atomic E-state index is 0.00983. The molecule has 1 saturated heterocycles. The summed E-state index contributed by atoms with van der Waals surface area (Å²) < 4.78 is 0. The number of nitrogens with zero attached hydrogens (tertiary/aromatic N) is 3. The molecule has 0 unspecified atom stereocenters. The molecule has 0 radical (unpaired) electrons. The lowest BCUT2D eigenvalue weighted by Gasteiger charge is -2.31. The summed E-state index contributed by atoms with van der Waals surface area (Å²) in [5, 5.41) is 7.00. The number of nitrogens with one attached hydrogen (secondary N) is 1. The number of benzene rings is 1. The Bertz CT molecular complexity index is 1270. The number of hydrogen-bond acceptors (Lipinski definition) is 5. The Hall–Kier alpha value is -3.52. The average Bonchev–Trinajstić information content (AvgIpc) is 3.54. The second-order valence-corrected chi connectivity index (χ2v) is 9.87. The van der Waals surface area contributed by atoms with Crippen molar-refractivity contribution in [2.24, 2.45) is 0 Å². The summed E-state index contributed by atoms with van der Waals surface area (Å²) in [5.74, 6) is 0.0533. The zero-order chi connectivity index (χ0) is 24.4. The van der Waals surface area contributed by atoms with Gasteiger partial charge < -0.3 is 15.1 Å². The summed E-state index contributed by atoms with van der Waals surface area (Å²) >= 11 is 1.59. The van der Waals surface area contributed by atoms with Crippen molar-refractivity contribution >= 4 is 34.7 Å². The molecule has 3 amide bonds. The summed E-state index contributed by atoms with van der Waals surface area (Å²) in [6.07, 6.45) is 4.34. The summed E-state index contributed by atoms with van der Waals surface area (Å²) in [5.41, 5.74) is 6.53. The molecule has 0 aliphatic carbocycles. The first kappa shape index (κ1) is 23.2. The third kappa shape index (κ3) is 4.98. The molecule has 0 spiro atoms. The number of hydrogen-bond donors (Lipinski definition) is 1. The molecular weight excluding hydrogens is 460 g/mol. The number of aromatic nitrogens is 1. The molecule has 2 aliphatic rings. The van der Waals surface area contributed by atoms with Crippen molar-refractivity contribution in [1.82, 2.24) is 15.2 Å². The highest BCUT2D eigenvalue weighted by molar-refractivity contribution is 7.08. The SMILES string of the molecule is Cc1ncc2c(c1CNC(=O)Cc1ccsc1)CCN(C(=O)c1cccc(N3CCCC3=O)c1)C2. The topological polar surface area (TPSA) is 82.6 Å². The lowest BCUT2D eigenvalue weighted by molar-refractivity contribution is -0.120. The molecule has 2 aliphatic heterocycles. The molecule has 0 bridgehead atoms. The van der Waals surface area contributed by atoms with Crippen molar-refractivity contribution in [2.75, 3.05) is 18.0 Å². The van der Waals surface area contributed by atoms with E-state index in [4.69, 9.17) is 0 Å². The number of fused-ring (bicyclic) bond motifs is 1. The Kier molecular flexibility index (Phi) is 6.63. The molecule has 5 rings (SSSR count). The fourth-order valence-electron chi connectivity index (χ4n) is 4.87. The Morgan fingerprint density at radius 2 is 2.06 bits per heavy atom. The summed E-state index contributed by atoms with van der Waals surface area (Å²) in [6.45, 7) is 4.17. The van der Waals surface area contributed by atoms with Gasteiger partial charge in [0.1, 0.15) is 0 Å². The van der Waals surface area contributed by atoms with Gasteiger partial charge in [0.25, 0.3) is 5.91 Å². The zero-order valence-electron chi connectivity index (χ0n) is 19.8. The summed E-state index contributed by atoms with van der Waals surface area (Å²) in [6, 6.07) is 9.32. The summed E-state index contributed by atoms with van der Waals surface area (Å²) in [4.78, 5) is 46.0. The molecule has 1 N–H and O–H groups in total. The molecule has 0 atom stereocenters. The van der Waals surface area contributed by atoms with Gasteiger partial charge in [0.15, 0.2) is 0 Å².